The number of H-pyrrole nitrogens is 2. The molecule has 0 fully saturated rings. The molecule has 0 radical (unpaired) electrons. The maximum atomic E-state index is 12.8. The largest absolute Gasteiger partial charge is 0.302 e. The molecule has 21 heavy (non-hydrogen) atoms. The Labute approximate surface area is 120 Å². The van der Waals surface area contributed by atoms with Crippen molar-refractivity contribution < 1.29 is 9.18 Å². The molecule has 0 aliphatic carbocycles. The number of carbonyl (C=O) groups is 1. The lowest BCUT2D eigenvalue weighted by molar-refractivity contribution is -0.120. The van der Waals surface area contributed by atoms with Gasteiger partial charge in [-0.1, -0.05) is 12.1 Å². The molecule has 0 bridgehead atoms. The van der Waals surface area contributed by atoms with Crippen LogP contribution in [0.15, 0.2) is 34.2 Å². The number of aromatic amines is 2. The minimum atomic E-state index is -0.398. The average Bonchev–Trinajstić information content (AvgIpc) is 2.77. The molecule has 7 heteroatoms. The SMILES string of the molecule is CC(=NNC(=O)Cc1c(C)[nH][nH]c1=O)c1ccc(F)cc1. The van der Waals surface area contributed by atoms with Crippen LogP contribution in [0.4, 0.5) is 4.39 Å². The van der Waals surface area contributed by atoms with Crippen LogP contribution < -0.4 is 11.0 Å². The van der Waals surface area contributed by atoms with Crippen LogP contribution >= 0.6 is 0 Å². The minimum Gasteiger partial charge on any atom is -0.302 e. The normalized spacial score (nSPS) is 11.5. The first-order valence-electron chi connectivity index (χ1n) is 6.32. The van der Waals surface area contributed by atoms with E-state index >= 15 is 0 Å². The third kappa shape index (κ3) is 3.65. The number of amides is 1. The van der Waals surface area contributed by atoms with Gasteiger partial charge in [0.2, 0.25) is 5.91 Å². The van der Waals surface area contributed by atoms with Crippen molar-refractivity contribution in [2.24, 2.45) is 5.10 Å². The summed E-state index contributed by atoms with van der Waals surface area (Å²) in [5, 5.41) is 8.99. The van der Waals surface area contributed by atoms with Crippen LogP contribution in [-0.4, -0.2) is 21.8 Å². The number of halogens is 1. The van der Waals surface area contributed by atoms with E-state index < -0.39 is 5.91 Å². The molecule has 0 unspecified atom stereocenters. The summed E-state index contributed by atoms with van der Waals surface area (Å²) < 4.78 is 12.8. The van der Waals surface area contributed by atoms with Gasteiger partial charge in [-0.15, -0.1) is 0 Å². The Morgan fingerprint density at radius 3 is 2.52 bits per heavy atom. The fraction of sp³-hybridized carbons (Fsp3) is 0.214. The van der Waals surface area contributed by atoms with Crippen molar-refractivity contribution >= 4 is 11.6 Å². The second kappa shape index (κ2) is 6.17. The van der Waals surface area contributed by atoms with E-state index in [0.717, 1.165) is 0 Å². The molecule has 2 rings (SSSR count). The van der Waals surface area contributed by atoms with Crippen LogP contribution in [0.25, 0.3) is 0 Å². The summed E-state index contributed by atoms with van der Waals surface area (Å²) in [6, 6.07) is 5.78. The van der Waals surface area contributed by atoms with Gasteiger partial charge >= 0.3 is 0 Å². The van der Waals surface area contributed by atoms with Crippen LogP contribution in [0.1, 0.15) is 23.7 Å². The van der Waals surface area contributed by atoms with Gasteiger partial charge in [0.1, 0.15) is 5.82 Å². The topological polar surface area (TPSA) is 90.1 Å². The first-order valence-corrected chi connectivity index (χ1v) is 6.32. The average molecular weight is 290 g/mol. The highest BCUT2D eigenvalue weighted by molar-refractivity contribution is 5.99. The predicted octanol–water partition coefficient (Wildman–Crippen LogP) is 1.23. The van der Waals surface area contributed by atoms with Gasteiger partial charge in [0, 0.05) is 11.3 Å². The van der Waals surface area contributed by atoms with E-state index in [0.29, 0.717) is 22.5 Å². The molecule has 0 aliphatic heterocycles. The molecule has 0 aliphatic rings. The summed E-state index contributed by atoms with van der Waals surface area (Å²) in [6.45, 7) is 3.40. The van der Waals surface area contributed by atoms with E-state index in [1.165, 1.54) is 12.1 Å². The summed E-state index contributed by atoms with van der Waals surface area (Å²) >= 11 is 0. The number of hydrogen-bond acceptors (Lipinski definition) is 3. The molecule has 110 valence electrons. The fourth-order valence-corrected chi connectivity index (χ4v) is 1.79. The number of aromatic nitrogens is 2. The number of aryl methyl sites for hydroxylation is 1. The van der Waals surface area contributed by atoms with Gasteiger partial charge in [0.25, 0.3) is 5.56 Å². The Morgan fingerprint density at radius 1 is 1.29 bits per heavy atom. The van der Waals surface area contributed by atoms with Gasteiger partial charge in [-0.2, -0.15) is 5.10 Å². The maximum absolute atomic E-state index is 12.8. The fourth-order valence-electron chi connectivity index (χ4n) is 1.79. The van der Waals surface area contributed by atoms with E-state index in [4.69, 9.17) is 0 Å². The van der Waals surface area contributed by atoms with Crippen molar-refractivity contribution in [3.63, 3.8) is 0 Å². The summed E-state index contributed by atoms with van der Waals surface area (Å²) in [6.07, 6.45) is -0.0646. The van der Waals surface area contributed by atoms with Gasteiger partial charge < -0.3 is 5.10 Å². The zero-order valence-corrected chi connectivity index (χ0v) is 11.7. The van der Waals surface area contributed by atoms with E-state index in [-0.39, 0.29) is 17.8 Å². The van der Waals surface area contributed by atoms with Crippen molar-refractivity contribution in [2.45, 2.75) is 20.3 Å². The number of carbonyl (C=O) groups excluding carboxylic acids is 1. The molecular formula is C14H15FN4O2. The number of rotatable bonds is 4. The van der Waals surface area contributed by atoms with Crippen LogP contribution in [-0.2, 0) is 11.2 Å². The lowest BCUT2D eigenvalue weighted by Crippen LogP contribution is -2.24. The smallest absolute Gasteiger partial charge is 0.267 e. The van der Waals surface area contributed by atoms with E-state index in [1.807, 2.05) is 0 Å². The van der Waals surface area contributed by atoms with Crippen molar-refractivity contribution in [2.75, 3.05) is 0 Å². The highest BCUT2D eigenvalue weighted by atomic mass is 19.1. The zero-order chi connectivity index (χ0) is 15.4. The van der Waals surface area contributed by atoms with Crippen molar-refractivity contribution in [3.05, 3.63) is 57.3 Å². The second-order valence-corrected chi connectivity index (χ2v) is 4.60. The third-order valence-electron chi connectivity index (χ3n) is 3.04. The van der Waals surface area contributed by atoms with E-state index in [1.54, 1.807) is 26.0 Å². The lowest BCUT2D eigenvalue weighted by atomic mass is 10.1. The number of benzene rings is 1. The highest BCUT2D eigenvalue weighted by Gasteiger charge is 2.11. The molecule has 0 spiro atoms. The van der Waals surface area contributed by atoms with Crippen molar-refractivity contribution in [1.82, 2.24) is 15.6 Å². The zero-order valence-electron chi connectivity index (χ0n) is 11.7. The molecule has 1 heterocycles. The maximum Gasteiger partial charge on any atom is 0.267 e. The molecule has 1 aromatic heterocycles. The summed E-state index contributed by atoms with van der Waals surface area (Å²) in [4.78, 5) is 23.2. The Balaban J connectivity index is 2.01. The van der Waals surface area contributed by atoms with Crippen LogP contribution in [0.3, 0.4) is 0 Å². The van der Waals surface area contributed by atoms with Gasteiger partial charge in [-0.3, -0.25) is 14.7 Å². The number of hydrazone groups is 1. The Morgan fingerprint density at radius 2 is 1.95 bits per heavy atom. The van der Waals surface area contributed by atoms with Gasteiger partial charge in [0.15, 0.2) is 0 Å². The molecule has 6 nitrogen and oxygen atoms in total. The van der Waals surface area contributed by atoms with Crippen molar-refractivity contribution in [3.8, 4) is 0 Å². The first-order chi connectivity index (χ1) is 9.97. The molecule has 2 aromatic rings. The number of hydrogen-bond donors (Lipinski definition) is 3. The predicted molar refractivity (Wildman–Crippen MR) is 76.6 cm³/mol. The molecule has 0 saturated heterocycles. The standard InChI is InChI=1S/C14H15FN4O2/c1-8(10-3-5-11(15)6-4-10)16-18-13(20)7-12-9(2)17-19-14(12)21/h3-6H,7H2,1-2H3,(H,18,20)(H2,17,19,21). The van der Waals surface area contributed by atoms with E-state index in [2.05, 4.69) is 20.7 Å². The summed E-state index contributed by atoms with van der Waals surface area (Å²) in [7, 11) is 0. The van der Waals surface area contributed by atoms with Crippen LogP contribution in [0.2, 0.25) is 0 Å². The van der Waals surface area contributed by atoms with E-state index in [9.17, 15) is 14.0 Å². The summed E-state index contributed by atoms with van der Waals surface area (Å²) in [5.41, 5.74) is 4.30. The minimum absolute atomic E-state index is 0.0646. The Bertz CT molecular complexity index is 728. The second-order valence-electron chi connectivity index (χ2n) is 4.60. The monoisotopic (exact) mass is 290 g/mol. The molecule has 0 atom stereocenters. The quantitative estimate of drug-likeness (QED) is 0.584. The van der Waals surface area contributed by atoms with Gasteiger partial charge in [-0.25, -0.2) is 9.82 Å². The molecule has 3 N–H and O–H groups in total. The Kier molecular flexibility index (Phi) is 4.32. The number of nitrogens with one attached hydrogen (secondary N) is 3. The molecule has 1 aromatic carbocycles. The molecule has 0 saturated carbocycles. The van der Waals surface area contributed by atoms with Gasteiger partial charge in [0.05, 0.1) is 12.1 Å². The number of nitrogens with zero attached hydrogens (tertiary/aromatic N) is 1. The Hall–Kier alpha value is -2.70. The van der Waals surface area contributed by atoms with Gasteiger partial charge in [-0.05, 0) is 31.5 Å². The van der Waals surface area contributed by atoms with Crippen LogP contribution in [0.5, 0.6) is 0 Å². The summed E-state index contributed by atoms with van der Waals surface area (Å²) in [5.74, 6) is -0.734. The molecular weight excluding hydrogens is 275 g/mol. The highest BCUT2D eigenvalue weighted by Crippen LogP contribution is 2.04. The lowest BCUT2D eigenvalue weighted by Gasteiger charge is -2.02. The van der Waals surface area contributed by atoms with Crippen molar-refractivity contribution in [1.29, 1.82) is 0 Å². The first kappa shape index (κ1) is 14.7. The molecule has 1 amide bonds. The third-order valence-corrected chi connectivity index (χ3v) is 3.04. The van der Waals surface area contributed by atoms with Crippen LogP contribution in [0, 0.1) is 12.7 Å².